The van der Waals surface area contributed by atoms with E-state index in [-0.39, 0.29) is 29.8 Å². The lowest BCUT2D eigenvalue weighted by molar-refractivity contribution is -0.139. The third kappa shape index (κ3) is 6.48. The summed E-state index contributed by atoms with van der Waals surface area (Å²) >= 11 is 0. The molecule has 3 fully saturated rings. The molecule has 2 aliphatic heterocycles. The molecule has 44 heavy (non-hydrogen) atoms. The lowest BCUT2D eigenvalue weighted by Crippen LogP contribution is -2.51. The minimum atomic E-state index is -1.32. The van der Waals surface area contributed by atoms with Crippen molar-refractivity contribution in [2.75, 3.05) is 13.1 Å². The summed E-state index contributed by atoms with van der Waals surface area (Å²) in [6, 6.07) is 6.74. The van der Waals surface area contributed by atoms with Crippen LogP contribution in [-0.4, -0.2) is 69.5 Å². The van der Waals surface area contributed by atoms with E-state index in [1.807, 2.05) is 24.3 Å². The van der Waals surface area contributed by atoms with Crippen molar-refractivity contribution in [3.05, 3.63) is 36.0 Å². The molecule has 0 bridgehead atoms. The molecule has 5 amide bonds. The first-order chi connectivity index (χ1) is 21.0. The summed E-state index contributed by atoms with van der Waals surface area (Å²) in [6.07, 6.45) is 6.97. The molecule has 0 radical (unpaired) electrons. The number of nitrogens with one attached hydrogen (secondary N) is 2. The first-order valence-corrected chi connectivity index (χ1v) is 15.6. The Hall–Kier alpha value is -4.22. The Morgan fingerprint density at radius 1 is 1.02 bits per heavy atom. The number of piperidine rings is 1. The predicted molar refractivity (Wildman–Crippen MR) is 162 cm³/mol. The van der Waals surface area contributed by atoms with E-state index in [1.165, 1.54) is 6.92 Å². The molecule has 236 valence electrons. The number of carbonyl (C=O) groups is 6. The van der Waals surface area contributed by atoms with Crippen LogP contribution >= 0.6 is 0 Å². The number of nitrogens with two attached hydrogens (primary N) is 2. The van der Waals surface area contributed by atoms with E-state index in [4.69, 9.17) is 11.5 Å². The molecule has 1 spiro atoms. The summed E-state index contributed by atoms with van der Waals surface area (Å²) in [4.78, 5) is 78.7. The quantitative estimate of drug-likeness (QED) is 0.298. The maximum absolute atomic E-state index is 14.2. The van der Waals surface area contributed by atoms with Crippen LogP contribution in [-0.2, 0) is 24.0 Å². The first-order valence-electron chi connectivity index (χ1n) is 15.6. The SMILES string of the molecule is CC(=O)N1CCC2(CC1)C[C@@H](C[C@H](NC(=O)[C@H](CC1CCCCC1)n1c(C(N)=O)cc3ccccc31)C(=O)C(N)=O)C(=O)N2. The van der Waals surface area contributed by atoms with E-state index in [0.717, 1.165) is 37.5 Å². The molecule has 0 unspecified atom stereocenters. The van der Waals surface area contributed by atoms with Crippen molar-refractivity contribution in [2.24, 2.45) is 23.3 Å². The molecule has 5 rings (SSSR count). The highest BCUT2D eigenvalue weighted by molar-refractivity contribution is 6.38. The number of ketones is 1. The van der Waals surface area contributed by atoms with Crippen LogP contribution in [0.25, 0.3) is 10.9 Å². The Morgan fingerprint density at radius 3 is 2.34 bits per heavy atom. The lowest BCUT2D eigenvalue weighted by Gasteiger charge is -2.39. The highest BCUT2D eigenvalue weighted by Gasteiger charge is 2.47. The first kappa shape index (κ1) is 31.2. The second kappa shape index (κ2) is 12.8. The van der Waals surface area contributed by atoms with Gasteiger partial charge in [-0.15, -0.1) is 0 Å². The molecule has 3 atom stereocenters. The van der Waals surface area contributed by atoms with E-state index in [2.05, 4.69) is 10.6 Å². The monoisotopic (exact) mass is 606 g/mol. The van der Waals surface area contributed by atoms with Gasteiger partial charge in [-0.2, -0.15) is 0 Å². The average molecular weight is 607 g/mol. The van der Waals surface area contributed by atoms with Gasteiger partial charge in [0.25, 0.3) is 11.8 Å². The number of hydrogen-bond donors (Lipinski definition) is 4. The Balaban J connectivity index is 1.41. The predicted octanol–water partition coefficient (Wildman–Crippen LogP) is 1.70. The largest absolute Gasteiger partial charge is 0.364 e. The Labute approximate surface area is 256 Å². The highest BCUT2D eigenvalue weighted by atomic mass is 16.2. The number of amides is 5. The summed E-state index contributed by atoms with van der Waals surface area (Å²) in [7, 11) is 0. The molecule has 3 aliphatic rings. The molecule has 12 nitrogen and oxygen atoms in total. The van der Waals surface area contributed by atoms with E-state index in [0.29, 0.717) is 44.3 Å². The van der Waals surface area contributed by atoms with Gasteiger partial charge in [0.2, 0.25) is 23.5 Å². The van der Waals surface area contributed by atoms with Crippen LogP contribution in [0.4, 0.5) is 0 Å². The van der Waals surface area contributed by atoms with E-state index >= 15 is 0 Å². The zero-order valence-corrected chi connectivity index (χ0v) is 25.2. The van der Waals surface area contributed by atoms with Gasteiger partial charge in [0, 0.05) is 42.4 Å². The number of benzene rings is 1. The maximum atomic E-state index is 14.2. The van der Waals surface area contributed by atoms with Gasteiger partial charge < -0.3 is 31.6 Å². The minimum absolute atomic E-state index is 0.0201. The number of aromatic nitrogens is 1. The van der Waals surface area contributed by atoms with Crippen LogP contribution in [0.15, 0.2) is 30.3 Å². The number of likely N-dealkylation sites (tertiary alicyclic amines) is 1. The molecular formula is C32H42N6O6. The second-order valence-electron chi connectivity index (χ2n) is 12.8. The molecule has 6 N–H and O–H groups in total. The fourth-order valence-corrected chi connectivity index (χ4v) is 7.47. The Bertz CT molecular complexity index is 1470. The van der Waals surface area contributed by atoms with E-state index in [1.54, 1.807) is 15.5 Å². The maximum Gasteiger partial charge on any atom is 0.287 e. The zero-order chi connectivity index (χ0) is 31.6. The standard InChI is InChI=1S/C32H42N6O6/c1-19(39)37-13-11-32(12-14-37)18-22(30(43)36-32)16-23(27(40)29(34)42)35-31(44)26(15-20-7-3-2-4-8-20)38-24-10-6-5-9-21(24)17-25(38)28(33)41/h5-6,9-10,17,20,22-23,26H,2-4,7-8,11-16,18H2,1H3,(H2,33,41)(H2,34,42)(H,35,44)(H,36,43)/t22-,23+,26+/m1/s1. The molecule has 1 aromatic carbocycles. The van der Waals surface area contributed by atoms with Gasteiger partial charge in [-0.05, 0) is 50.2 Å². The Kier molecular flexibility index (Phi) is 9.07. The van der Waals surface area contributed by atoms with Crippen LogP contribution in [0, 0.1) is 11.8 Å². The van der Waals surface area contributed by atoms with E-state index < -0.39 is 47.0 Å². The van der Waals surface area contributed by atoms with Crippen molar-refractivity contribution < 1.29 is 28.8 Å². The third-order valence-corrected chi connectivity index (χ3v) is 9.85. The second-order valence-corrected chi connectivity index (χ2v) is 12.8. The van der Waals surface area contributed by atoms with Gasteiger partial charge in [0.1, 0.15) is 11.7 Å². The number of para-hydroxylation sites is 1. The summed E-state index contributed by atoms with van der Waals surface area (Å²) in [5.41, 5.74) is 11.5. The van der Waals surface area contributed by atoms with Crippen LogP contribution in [0.5, 0.6) is 0 Å². The summed E-state index contributed by atoms with van der Waals surface area (Å²) in [5, 5.41) is 6.59. The van der Waals surface area contributed by atoms with Crippen LogP contribution in [0.2, 0.25) is 0 Å². The number of fused-ring (bicyclic) bond motifs is 1. The van der Waals surface area contributed by atoms with Crippen LogP contribution in [0.1, 0.15) is 87.7 Å². The number of rotatable bonds is 10. The van der Waals surface area contributed by atoms with Crippen LogP contribution in [0.3, 0.4) is 0 Å². The number of hydrogen-bond acceptors (Lipinski definition) is 6. The zero-order valence-electron chi connectivity index (χ0n) is 25.2. The van der Waals surface area contributed by atoms with Crippen molar-refractivity contribution in [1.82, 2.24) is 20.1 Å². The van der Waals surface area contributed by atoms with Gasteiger partial charge in [-0.1, -0.05) is 50.3 Å². The number of nitrogens with zero attached hydrogens (tertiary/aromatic N) is 2. The molecule has 3 heterocycles. The molecule has 1 saturated carbocycles. The smallest absolute Gasteiger partial charge is 0.287 e. The third-order valence-electron chi connectivity index (χ3n) is 9.85. The van der Waals surface area contributed by atoms with Crippen molar-refractivity contribution in [3.8, 4) is 0 Å². The fraction of sp³-hybridized carbons (Fsp3) is 0.562. The minimum Gasteiger partial charge on any atom is -0.364 e. The van der Waals surface area contributed by atoms with Crippen molar-refractivity contribution >= 4 is 46.2 Å². The molecule has 2 saturated heterocycles. The molecular weight excluding hydrogens is 564 g/mol. The summed E-state index contributed by atoms with van der Waals surface area (Å²) in [6.45, 7) is 2.54. The molecule has 2 aromatic rings. The van der Waals surface area contributed by atoms with Crippen molar-refractivity contribution in [3.63, 3.8) is 0 Å². The summed E-state index contributed by atoms with van der Waals surface area (Å²) < 4.78 is 1.65. The van der Waals surface area contributed by atoms with Gasteiger partial charge in [-0.25, -0.2) is 0 Å². The van der Waals surface area contributed by atoms with Crippen molar-refractivity contribution in [1.29, 1.82) is 0 Å². The van der Waals surface area contributed by atoms with Gasteiger partial charge in [-0.3, -0.25) is 28.8 Å². The van der Waals surface area contributed by atoms with Gasteiger partial charge in [0.15, 0.2) is 0 Å². The van der Waals surface area contributed by atoms with E-state index in [9.17, 15) is 28.8 Å². The van der Waals surface area contributed by atoms with Gasteiger partial charge in [0.05, 0.1) is 6.04 Å². The topological polar surface area (TPSA) is 187 Å². The number of primary amides is 2. The normalized spacial score (nSPS) is 21.5. The summed E-state index contributed by atoms with van der Waals surface area (Å²) in [5.74, 6) is -4.12. The molecule has 12 heteroatoms. The highest BCUT2D eigenvalue weighted by Crippen LogP contribution is 2.37. The number of carbonyl (C=O) groups excluding carboxylic acids is 6. The number of Topliss-reactive ketones (excluding diaryl/α,β-unsaturated/α-hetero) is 1. The van der Waals surface area contributed by atoms with Gasteiger partial charge >= 0.3 is 0 Å². The Morgan fingerprint density at radius 2 is 1.70 bits per heavy atom. The van der Waals surface area contributed by atoms with Crippen molar-refractivity contribution in [2.45, 2.75) is 88.8 Å². The molecule has 1 aromatic heterocycles. The lowest BCUT2D eigenvalue weighted by atomic mass is 9.81. The van der Waals surface area contributed by atoms with Crippen LogP contribution < -0.4 is 22.1 Å². The fourth-order valence-electron chi connectivity index (χ4n) is 7.47. The molecule has 1 aliphatic carbocycles. The average Bonchev–Trinajstić information content (AvgIpc) is 3.53.